The molecule has 1 saturated carbocycles. The Bertz CT molecular complexity index is 1460. The van der Waals surface area contributed by atoms with Crippen molar-refractivity contribution in [2.45, 2.75) is 44.7 Å². The van der Waals surface area contributed by atoms with E-state index in [-0.39, 0.29) is 29.6 Å². The predicted octanol–water partition coefficient (Wildman–Crippen LogP) is 5.73. The van der Waals surface area contributed by atoms with Crippen LogP contribution in [-0.2, 0) is 0 Å². The number of hydrogen-bond acceptors (Lipinski definition) is 6. The van der Waals surface area contributed by atoms with Gasteiger partial charge in [-0.15, -0.1) is 11.3 Å². The summed E-state index contributed by atoms with van der Waals surface area (Å²) >= 11 is 7.74. The number of aryl methyl sites for hydroxylation is 1. The number of benzene rings is 2. The van der Waals surface area contributed by atoms with Crippen LogP contribution in [0.4, 0.5) is 0 Å². The monoisotopic (exact) mass is 520 g/mol. The lowest BCUT2D eigenvalue weighted by Gasteiger charge is -2.30. The summed E-state index contributed by atoms with van der Waals surface area (Å²) in [4.78, 5) is 34.5. The number of nitrogens with zero attached hydrogens (tertiary/aromatic N) is 3. The number of halogens is 1. The van der Waals surface area contributed by atoms with Crippen molar-refractivity contribution in [1.82, 2.24) is 20.4 Å². The number of rotatable bonds is 5. The standard InChI is InChI=1S/C27H25ClN4O3S/c1-15-30-24(25(36-15)17-7-4-8-18(28)12-17)27(34)32-19(13-16-6-5-10-21(16)32)14-29-26(33)23-20-9-2-3-11-22(20)35-31-23/h2-4,7-9,11-12,16,19,21H,5-6,10,13-14H2,1H3,(H,29,33)/t16-,19-,21-/m0/s1. The maximum Gasteiger partial charge on any atom is 0.274 e. The van der Waals surface area contributed by atoms with Crippen molar-refractivity contribution in [1.29, 1.82) is 0 Å². The van der Waals surface area contributed by atoms with Crippen molar-refractivity contribution in [3.63, 3.8) is 0 Å². The lowest BCUT2D eigenvalue weighted by molar-refractivity contribution is 0.0645. The number of nitrogens with one attached hydrogen (secondary N) is 1. The van der Waals surface area contributed by atoms with Crippen molar-refractivity contribution in [3.05, 3.63) is 69.9 Å². The van der Waals surface area contributed by atoms with Gasteiger partial charge in [-0.1, -0.05) is 47.4 Å². The van der Waals surface area contributed by atoms with E-state index in [0.29, 0.717) is 34.1 Å². The summed E-state index contributed by atoms with van der Waals surface area (Å²) < 4.78 is 5.29. The molecule has 1 N–H and O–H groups in total. The van der Waals surface area contributed by atoms with E-state index >= 15 is 0 Å². The number of thiazole rings is 1. The van der Waals surface area contributed by atoms with Crippen LogP contribution in [0.25, 0.3) is 21.4 Å². The molecule has 1 saturated heterocycles. The van der Waals surface area contributed by atoms with Crippen LogP contribution in [0, 0.1) is 12.8 Å². The molecule has 2 aromatic carbocycles. The lowest BCUT2D eigenvalue weighted by atomic mass is 10.0. The third-order valence-electron chi connectivity index (χ3n) is 7.29. The molecular formula is C27H25ClN4O3S. The topological polar surface area (TPSA) is 88.3 Å². The van der Waals surface area contributed by atoms with Gasteiger partial charge in [0.05, 0.1) is 21.3 Å². The van der Waals surface area contributed by atoms with Gasteiger partial charge in [0.1, 0.15) is 5.69 Å². The number of hydrogen-bond donors (Lipinski definition) is 1. The minimum Gasteiger partial charge on any atom is -0.355 e. The van der Waals surface area contributed by atoms with Crippen LogP contribution in [0.5, 0.6) is 0 Å². The number of fused-ring (bicyclic) bond motifs is 2. The van der Waals surface area contributed by atoms with Gasteiger partial charge in [0.15, 0.2) is 11.3 Å². The largest absolute Gasteiger partial charge is 0.355 e. The molecule has 9 heteroatoms. The average molecular weight is 521 g/mol. The van der Waals surface area contributed by atoms with Crippen LogP contribution in [0.15, 0.2) is 53.1 Å². The fourth-order valence-corrected chi connectivity index (χ4v) is 6.85. The molecule has 3 heterocycles. The highest BCUT2D eigenvalue weighted by molar-refractivity contribution is 7.15. The Balaban J connectivity index is 1.27. The van der Waals surface area contributed by atoms with Crippen molar-refractivity contribution >= 4 is 45.7 Å². The molecule has 6 rings (SSSR count). The van der Waals surface area contributed by atoms with Crippen LogP contribution in [-0.4, -0.2) is 45.5 Å². The van der Waals surface area contributed by atoms with E-state index in [1.807, 2.05) is 54.3 Å². The van der Waals surface area contributed by atoms with Crippen molar-refractivity contribution in [2.75, 3.05) is 6.54 Å². The number of amides is 2. The zero-order valence-electron chi connectivity index (χ0n) is 19.7. The first-order chi connectivity index (χ1) is 17.5. The van der Waals surface area contributed by atoms with Crippen LogP contribution in [0.3, 0.4) is 0 Å². The molecule has 0 radical (unpaired) electrons. The Morgan fingerprint density at radius 2 is 2.03 bits per heavy atom. The molecule has 3 atom stereocenters. The second-order valence-electron chi connectivity index (χ2n) is 9.52. The number of para-hydroxylation sites is 1. The molecule has 1 aliphatic heterocycles. The first-order valence-electron chi connectivity index (χ1n) is 12.2. The average Bonchev–Trinajstić information content (AvgIpc) is 3.64. The Labute approximate surface area is 217 Å². The number of likely N-dealkylation sites (tertiary alicyclic amines) is 1. The highest BCUT2D eigenvalue weighted by atomic mass is 35.5. The van der Waals surface area contributed by atoms with Gasteiger partial charge in [-0.3, -0.25) is 9.59 Å². The second kappa shape index (κ2) is 9.33. The van der Waals surface area contributed by atoms with Gasteiger partial charge in [0.2, 0.25) is 0 Å². The zero-order valence-corrected chi connectivity index (χ0v) is 21.3. The molecule has 2 amide bonds. The van der Waals surface area contributed by atoms with Gasteiger partial charge in [-0.05, 0) is 61.9 Å². The fraction of sp³-hybridized carbons (Fsp3) is 0.333. The van der Waals surface area contributed by atoms with Crippen LogP contribution >= 0.6 is 22.9 Å². The van der Waals surface area contributed by atoms with Gasteiger partial charge in [-0.25, -0.2) is 4.98 Å². The summed E-state index contributed by atoms with van der Waals surface area (Å²) in [6, 6.07) is 14.9. The highest BCUT2D eigenvalue weighted by Crippen LogP contribution is 2.43. The Morgan fingerprint density at radius 1 is 1.17 bits per heavy atom. The Hall–Kier alpha value is -3.23. The first kappa shape index (κ1) is 23.2. The van der Waals surface area contributed by atoms with E-state index in [4.69, 9.17) is 16.1 Å². The molecule has 36 heavy (non-hydrogen) atoms. The minimum absolute atomic E-state index is 0.0742. The Morgan fingerprint density at radius 3 is 2.89 bits per heavy atom. The normalized spacial score (nSPS) is 21.2. The summed E-state index contributed by atoms with van der Waals surface area (Å²) in [5, 5.41) is 9.11. The van der Waals surface area contributed by atoms with Gasteiger partial charge in [0.25, 0.3) is 11.8 Å². The van der Waals surface area contributed by atoms with Crippen molar-refractivity contribution < 1.29 is 14.1 Å². The molecule has 184 valence electrons. The number of carbonyl (C=O) groups is 2. The van der Waals surface area contributed by atoms with E-state index in [1.54, 1.807) is 6.07 Å². The summed E-state index contributed by atoms with van der Waals surface area (Å²) in [7, 11) is 0. The molecule has 2 aliphatic rings. The van der Waals surface area contributed by atoms with E-state index in [1.165, 1.54) is 11.3 Å². The smallest absolute Gasteiger partial charge is 0.274 e. The molecule has 2 fully saturated rings. The van der Waals surface area contributed by atoms with Gasteiger partial charge < -0.3 is 14.7 Å². The molecule has 2 aromatic heterocycles. The Kier molecular flexibility index (Phi) is 6.01. The molecule has 0 bridgehead atoms. The lowest BCUT2D eigenvalue weighted by Crippen LogP contribution is -2.46. The van der Waals surface area contributed by atoms with Crippen LogP contribution in [0.1, 0.15) is 51.7 Å². The maximum absolute atomic E-state index is 14.0. The third-order valence-corrected chi connectivity index (χ3v) is 8.55. The molecule has 0 unspecified atom stereocenters. The minimum atomic E-state index is -0.298. The number of carbonyl (C=O) groups excluding carboxylic acids is 2. The SMILES string of the molecule is Cc1nc(C(=O)N2[C@H](CNC(=O)c3noc4ccccc34)C[C@@H]3CCC[C@@H]32)c(-c2cccc(Cl)c2)s1. The quantitative estimate of drug-likeness (QED) is 0.363. The summed E-state index contributed by atoms with van der Waals surface area (Å²) in [5.41, 5.74) is 2.19. The zero-order chi connectivity index (χ0) is 24.8. The van der Waals surface area contributed by atoms with E-state index < -0.39 is 0 Å². The molecule has 1 aliphatic carbocycles. The molecule has 0 spiro atoms. The molecule has 4 aromatic rings. The van der Waals surface area contributed by atoms with Gasteiger partial charge in [0, 0.05) is 17.6 Å². The first-order valence-corrected chi connectivity index (χ1v) is 13.4. The fourth-order valence-electron chi connectivity index (χ4n) is 5.75. The van der Waals surface area contributed by atoms with Gasteiger partial charge in [-0.2, -0.15) is 0 Å². The van der Waals surface area contributed by atoms with Gasteiger partial charge >= 0.3 is 0 Å². The second-order valence-corrected chi connectivity index (χ2v) is 11.2. The van der Waals surface area contributed by atoms with Crippen molar-refractivity contribution in [2.24, 2.45) is 5.92 Å². The maximum atomic E-state index is 14.0. The third kappa shape index (κ3) is 4.08. The van der Waals surface area contributed by atoms with Crippen LogP contribution in [0.2, 0.25) is 5.02 Å². The number of aromatic nitrogens is 2. The van der Waals surface area contributed by atoms with Crippen LogP contribution < -0.4 is 5.32 Å². The molecule has 7 nitrogen and oxygen atoms in total. The van der Waals surface area contributed by atoms with Crippen molar-refractivity contribution in [3.8, 4) is 10.4 Å². The van der Waals surface area contributed by atoms with E-state index in [2.05, 4.69) is 15.5 Å². The highest BCUT2D eigenvalue weighted by Gasteiger charge is 2.47. The summed E-state index contributed by atoms with van der Waals surface area (Å²) in [6.45, 7) is 2.27. The summed E-state index contributed by atoms with van der Waals surface area (Å²) in [5.74, 6) is 0.0708. The summed E-state index contributed by atoms with van der Waals surface area (Å²) in [6.07, 6.45) is 4.06. The predicted molar refractivity (Wildman–Crippen MR) is 139 cm³/mol. The molecular weight excluding hydrogens is 496 g/mol. The van der Waals surface area contributed by atoms with E-state index in [9.17, 15) is 9.59 Å². The van der Waals surface area contributed by atoms with E-state index in [0.717, 1.165) is 41.1 Å².